The van der Waals surface area contributed by atoms with Crippen molar-refractivity contribution in [2.24, 2.45) is 28.1 Å². The third-order valence-electron chi connectivity index (χ3n) is 6.02. The van der Waals surface area contributed by atoms with Crippen LogP contribution in [0.1, 0.15) is 66.1 Å². The normalized spacial score (nSPS) is 24.2. The Morgan fingerprint density at radius 1 is 1.00 bits per heavy atom. The first-order chi connectivity index (χ1) is 13.4. The number of amidine groups is 1. The minimum atomic E-state index is -0.394. The average Bonchev–Trinajstić information content (AvgIpc) is 3.52. The number of nitrogens with zero attached hydrogens (tertiary/aromatic N) is 2. The molecule has 0 aromatic rings. The molecule has 7 nitrogen and oxygen atoms in total. The molecule has 28 heavy (non-hydrogen) atoms. The monoisotopic (exact) mass is 390 g/mol. The van der Waals surface area contributed by atoms with E-state index in [-0.39, 0.29) is 7.34 Å². The van der Waals surface area contributed by atoms with E-state index in [4.69, 9.17) is 17.2 Å². The van der Waals surface area contributed by atoms with Gasteiger partial charge in [-0.1, -0.05) is 19.3 Å². The van der Waals surface area contributed by atoms with Crippen LogP contribution in [-0.2, 0) is 4.79 Å². The van der Waals surface area contributed by atoms with Crippen LogP contribution >= 0.6 is 0 Å². The summed E-state index contributed by atoms with van der Waals surface area (Å²) in [5, 5.41) is 3.83. The van der Waals surface area contributed by atoms with Crippen molar-refractivity contribution in [3.05, 3.63) is 23.2 Å². The van der Waals surface area contributed by atoms with Gasteiger partial charge < -0.3 is 27.4 Å². The van der Waals surface area contributed by atoms with Crippen LogP contribution in [-0.4, -0.2) is 41.8 Å². The fraction of sp³-hybridized carbons (Fsp3) is 0.714. The number of allylic oxidation sites excluding steroid dienone is 1. The van der Waals surface area contributed by atoms with Crippen molar-refractivity contribution in [2.45, 2.75) is 76.8 Å². The number of carbonyl (C=O) groups excluding carboxylic acids is 1. The topological polar surface area (TPSA) is 123 Å². The molecule has 1 heterocycles. The number of piperidine rings is 1. The van der Waals surface area contributed by atoms with E-state index in [1.165, 1.54) is 32.1 Å². The number of carbonyl (C=O) groups is 1. The molecule has 3 rings (SSSR count). The SMILES string of the molecule is C/C(N)=C/C(C(=O)N=C(N)C1CC1)=C(\N)N1CCC(NC2CCCCC2)CC1.[HH]. The highest BCUT2D eigenvalue weighted by Crippen LogP contribution is 2.29. The molecule has 7 heteroatoms. The first-order valence-corrected chi connectivity index (χ1v) is 10.8. The fourth-order valence-electron chi connectivity index (χ4n) is 4.18. The van der Waals surface area contributed by atoms with Gasteiger partial charge in [0.2, 0.25) is 0 Å². The average molecular weight is 391 g/mol. The number of rotatable bonds is 6. The molecule has 1 saturated heterocycles. The Kier molecular flexibility index (Phi) is 6.99. The summed E-state index contributed by atoms with van der Waals surface area (Å²) >= 11 is 0. The Labute approximate surface area is 170 Å². The fourth-order valence-corrected chi connectivity index (χ4v) is 4.18. The Bertz CT molecular complexity index is 652. The molecule has 0 aromatic heterocycles. The minimum Gasteiger partial charge on any atom is -0.402 e. The molecule has 7 N–H and O–H groups in total. The van der Waals surface area contributed by atoms with Crippen molar-refractivity contribution in [3.8, 4) is 0 Å². The molecule has 0 atom stereocenters. The number of aliphatic imine (C=N–C) groups is 1. The molecule has 1 amide bonds. The summed E-state index contributed by atoms with van der Waals surface area (Å²) in [7, 11) is 0. The van der Waals surface area contributed by atoms with Gasteiger partial charge in [0.05, 0.1) is 5.57 Å². The van der Waals surface area contributed by atoms with Crippen molar-refractivity contribution in [3.63, 3.8) is 0 Å². The van der Waals surface area contributed by atoms with E-state index in [1.807, 2.05) is 0 Å². The smallest absolute Gasteiger partial charge is 0.282 e. The van der Waals surface area contributed by atoms with Gasteiger partial charge in [-0.15, -0.1) is 0 Å². The van der Waals surface area contributed by atoms with Crippen LogP contribution in [0.2, 0.25) is 0 Å². The molecule has 0 aromatic carbocycles. The maximum absolute atomic E-state index is 12.7. The third kappa shape index (κ3) is 5.74. The highest BCUT2D eigenvalue weighted by Gasteiger charge is 2.28. The van der Waals surface area contributed by atoms with Gasteiger partial charge in [-0.05, 0) is 51.5 Å². The van der Waals surface area contributed by atoms with Gasteiger partial charge in [0.15, 0.2) is 0 Å². The van der Waals surface area contributed by atoms with Gasteiger partial charge in [0.25, 0.3) is 5.91 Å². The van der Waals surface area contributed by atoms with Gasteiger partial charge in [0.1, 0.15) is 11.7 Å². The minimum absolute atomic E-state index is 0. The van der Waals surface area contributed by atoms with Crippen molar-refractivity contribution >= 4 is 11.7 Å². The van der Waals surface area contributed by atoms with E-state index in [1.54, 1.807) is 13.0 Å². The maximum Gasteiger partial charge on any atom is 0.282 e. The van der Waals surface area contributed by atoms with E-state index < -0.39 is 5.91 Å². The van der Waals surface area contributed by atoms with E-state index in [0.29, 0.717) is 35.0 Å². The number of hydrogen-bond acceptors (Lipinski definition) is 5. The molecule has 0 bridgehead atoms. The van der Waals surface area contributed by atoms with Crippen molar-refractivity contribution in [1.82, 2.24) is 10.2 Å². The first kappa shape index (κ1) is 20.7. The Hall–Kier alpha value is -2.02. The molecular weight excluding hydrogens is 352 g/mol. The van der Waals surface area contributed by atoms with Gasteiger partial charge in [-0.2, -0.15) is 4.99 Å². The summed E-state index contributed by atoms with van der Waals surface area (Å²) in [6, 6.07) is 1.19. The van der Waals surface area contributed by atoms with Crippen LogP contribution < -0.4 is 22.5 Å². The molecule has 1 aliphatic heterocycles. The summed E-state index contributed by atoms with van der Waals surface area (Å²) in [4.78, 5) is 18.8. The molecule has 158 valence electrons. The molecule has 2 aliphatic carbocycles. The Balaban J connectivity index is 0.00000300. The number of hydrogen-bond donors (Lipinski definition) is 4. The van der Waals surface area contributed by atoms with Crippen molar-refractivity contribution in [2.75, 3.05) is 13.1 Å². The highest BCUT2D eigenvalue weighted by molar-refractivity contribution is 6.05. The standard InChI is InChI=1S/C21H36N6O.H2/c1-14(22)13-18(21(28)26-19(23)15-7-8-15)20(24)27-11-9-17(10-12-27)25-16-5-3-2-4-6-16;/h13,15-17,25H,2-12,22,24H2,1H3,(H2,23,26,28);1H/b14-13-,20-18-;. The lowest BCUT2D eigenvalue weighted by Crippen LogP contribution is -2.47. The van der Waals surface area contributed by atoms with E-state index in [2.05, 4.69) is 15.2 Å². The number of likely N-dealkylation sites (tertiary alicyclic amines) is 1. The van der Waals surface area contributed by atoms with Crippen molar-refractivity contribution < 1.29 is 6.22 Å². The van der Waals surface area contributed by atoms with Crippen LogP contribution in [0.4, 0.5) is 0 Å². The zero-order chi connectivity index (χ0) is 20.1. The summed E-state index contributed by atoms with van der Waals surface area (Å²) in [5.41, 5.74) is 19.0. The molecule has 2 saturated carbocycles. The quantitative estimate of drug-likeness (QED) is 0.238. The first-order valence-electron chi connectivity index (χ1n) is 10.8. The molecule has 0 radical (unpaired) electrons. The third-order valence-corrected chi connectivity index (χ3v) is 6.02. The lowest BCUT2D eigenvalue weighted by Gasteiger charge is -2.37. The van der Waals surface area contributed by atoms with Gasteiger partial charge >= 0.3 is 0 Å². The number of amides is 1. The largest absolute Gasteiger partial charge is 0.402 e. The van der Waals surface area contributed by atoms with Crippen LogP contribution in [0, 0.1) is 5.92 Å². The summed E-state index contributed by atoms with van der Waals surface area (Å²) in [6.07, 6.45) is 12.3. The summed E-state index contributed by atoms with van der Waals surface area (Å²) in [5.74, 6) is 0.720. The number of nitrogens with two attached hydrogens (primary N) is 3. The maximum atomic E-state index is 12.7. The summed E-state index contributed by atoms with van der Waals surface area (Å²) < 4.78 is 0. The number of nitrogens with one attached hydrogen (secondary N) is 1. The van der Waals surface area contributed by atoms with Crippen molar-refractivity contribution in [1.29, 1.82) is 0 Å². The van der Waals surface area contributed by atoms with E-state index in [0.717, 1.165) is 38.8 Å². The Morgan fingerprint density at radius 3 is 2.18 bits per heavy atom. The zero-order valence-corrected chi connectivity index (χ0v) is 17.1. The predicted octanol–water partition coefficient (Wildman–Crippen LogP) is 1.95. The van der Waals surface area contributed by atoms with Crippen LogP contribution in [0.3, 0.4) is 0 Å². The second-order valence-electron chi connectivity index (χ2n) is 8.57. The van der Waals surface area contributed by atoms with Crippen LogP contribution in [0.15, 0.2) is 28.2 Å². The predicted molar refractivity (Wildman–Crippen MR) is 115 cm³/mol. The van der Waals surface area contributed by atoms with E-state index in [9.17, 15) is 4.79 Å². The molecule has 0 spiro atoms. The Morgan fingerprint density at radius 2 is 1.61 bits per heavy atom. The van der Waals surface area contributed by atoms with Crippen LogP contribution in [0.25, 0.3) is 0 Å². The molecule has 3 fully saturated rings. The summed E-state index contributed by atoms with van der Waals surface area (Å²) in [6.45, 7) is 3.40. The molecule has 3 aliphatic rings. The van der Waals surface area contributed by atoms with Gasteiger partial charge in [-0.25, -0.2) is 0 Å². The van der Waals surface area contributed by atoms with E-state index >= 15 is 0 Å². The lowest BCUT2D eigenvalue weighted by molar-refractivity contribution is -0.114. The highest BCUT2D eigenvalue weighted by atomic mass is 16.1. The lowest BCUT2D eigenvalue weighted by atomic mass is 9.93. The van der Waals surface area contributed by atoms with Crippen LogP contribution in [0.5, 0.6) is 0 Å². The molecular formula is C21H38N6O. The molecule has 0 unspecified atom stereocenters. The second-order valence-corrected chi connectivity index (χ2v) is 8.57. The second kappa shape index (κ2) is 9.45. The zero-order valence-electron chi connectivity index (χ0n) is 17.1. The van der Waals surface area contributed by atoms with Gasteiger partial charge in [-0.3, -0.25) is 4.79 Å². The van der Waals surface area contributed by atoms with Gasteiger partial charge in [0, 0.05) is 38.2 Å².